The first-order valence-electron chi connectivity index (χ1n) is 6.11. The highest BCUT2D eigenvalue weighted by molar-refractivity contribution is 6.17. The summed E-state index contributed by atoms with van der Waals surface area (Å²) in [4.78, 5) is 4.37. The number of alkyl halides is 1. The van der Waals surface area contributed by atoms with E-state index in [2.05, 4.69) is 4.98 Å². The molecule has 0 unspecified atom stereocenters. The molecule has 0 N–H and O–H groups in total. The molecule has 0 fully saturated rings. The molecule has 0 atom stereocenters. The van der Waals surface area contributed by atoms with Crippen molar-refractivity contribution in [1.82, 2.24) is 4.98 Å². The van der Waals surface area contributed by atoms with Crippen molar-refractivity contribution in [1.29, 1.82) is 0 Å². The van der Waals surface area contributed by atoms with Crippen molar-refractivity contribution >= 4 is 11.6 Å². The Morgan fingerprint density at radius 3 is 2.20 bits per heavy atom. The van der Waals surface area contributed by atoms with Gasteiger partial charge >= 0.3 is 0 Å². The molecule has 0 aliphatic heterocycles. The average molecular weight is 294 g/mol. The molecule has 1 heterocycles. The van der Waals surface area contributed by atoms with E-state index in [1.54, 1.807) is 32.4 Å². The number of hydrogen-bond donors (Lipinski definition) is 0. The summed E-state index contributed by atoms with van der Waals surface area (Å²) in [7, 11) is 3.16. The second kappa shape index (κ2) is 6.48. The van der Waals surface area contributed by atoms with E-state index in [1.165, 1.54) is 0 Å². The second-order valence-electron chi connectivity index (χ2n) is 4.12. The molecular weight excluding hydrogens is 278 g/mol. The summed E-state index contributed by atoms with van der Waals surface area (Å²) >= 11 is 5.82. The molecule has 106 valence electrons. The molecule has 2 aromatic rings. The number of pyridine rings is 1. The first-order chi connectivity index (χ1) is 9.69. The van der Waals surface area contributed by atoms with E-state index in [1.807, 2.05) is 19.1 Å². The molecule has 1 aromatic carbocycles. The van der Waals surface area contributed by atoms with Crippen LogP contribution in [0.4, 0.5) is 0 Å². The van der Waals surface area contributed by atoms with Crippen molar-refractivity contribution < 1.29 is 14.2 Å². The Labute approximate surface area is 123 Å². The van der Waals surface area contributed by atoms with Crippen LogP contribution in [0.15, 0.2) is 30.3 Å². The monoisotopic (exact) mass is 293 g/mol. The lowest BCUT2D eigenvalue weighted by molar-refractivity contribution is 0.341. The van der Waals surface area contributed by atoms with Crippen molar-refractivity contribution in [3.63, 3.8) is 0 Å². The molecule has 5 heteroatoms. The minimum Gasteiger partial charge on any atom is -0.493 e. The Balaban J connectivity index is 2.36. The Morgan fingerprint density at radius 1 is 1.05 bits per heavy atom. The number of aromatic nitrogens is 1. The third kappa shape index (κ3) is 2.96. The van der Waals surface area contributed by atoms with Gasteiger partial charge in [-0.1, -0.05) is 12.1 Å². The summed E-state index contributed by atoms with van der Waals surface area (Å²) in [6, 6.07) is 9.11. The summed E-state index contributed by atoms with van der Waals surface area (Å²) in [5.41, 5.74) is 1.82. The van der Waals surface area contributed by atoms with Gasteiger partial charge in [0.1, 0.15) is 0 Å². The van der Waals surface area contributed by atoms with Crippen LogP contribution in [0, 0.1) is 6.92 Å². The number of benzene rings is 1. The molecule has 0 spiro atoms. The number of ether oxygens (including phenoxy) is 3. The maximum atomic E-state index is 5.82. The van der Waals surface area contributed by atoms with Gasteiger partial charge in [0, 0.05) is 17.6 Å². The maximum Gasteiger partial charge on any atom is 0.219 e. The topological polar surface area (TPSA) is 40.6 Å². The number of aryl methyl sites for hydroxylation is 1. The molecule has 0 aliphatic carbocycles. The first-order valence-corrected chi connectivity index (χ1v) is 6.64. The third-order valence-corrected chi connectivity index (χ3v) is 3.19. The van der Waals surface area contributed by atoms with E-state index >= 15 is 0 Å². The van der Waals surface area contributed by atoms with Crippen molar-refractivity contribution in [2.75, 3.05) is 14.2 Å². The molecule has 4 nitrogen and oxygen atoms in total. The van der Waals surface area contributed by atoms with E-state index in [0.29, 0.717) is 29.0 Å². The van der Waals surface area contributed by atoms with Gasteiger partial charge in [-0.05, 0) is 24.6 Å². The minimum absolute atomic E-state index is 0.428. The summed E-state index contributed by atoms with van der Waals surface area (Å²) in [5.74, 6) is 2.58. The number of nitrogens with zero attached hydrogens (tertiary/aromatic N) is 1. The molecule has 2 rings (SSSR count). The molecule has 1 aromatic heterocycles. The highest BCUT2D eigenvalue weighted by Crippen LogP contribution is 2.39. The SMILES string of the molecule is COc1cccc(OC)c1Oc1ccc(CCl)c(C)n1. The molecule has 0 amide bonds. The van der Waals surface area contributed by atoms with Crippen molar-refractivity contribution in [3.05, 3.63) is 41.6 Å². The fraction of sp³-hybridized carbons (Fsp3) is 0.267. The van der Waals surface area contributed by atoms with Crippen LogP contribution < -0.4 is 14.2 Å². The number of halogens is 1. The lowest BCUT2D eigenvalue weighted by Gasteiger charge is -2.13. The lowest BCUT2D eigenvalue weighted by atomic mass is 10.2. The van der Waals surface area contributed by atoms with Crippen LogP contribution in [-0.4, -0.2) is 19.2 Å². The van der Waals surface area contributed by atoms with Crippen LogP contribution in [-0.2, 0) is 5.88 Å². The smallest absolute Gasteiger partial charge is 0.219 e. The van der Waals surface area contributed by atoms with E-state index < -0.39 is 0 Å². The molecule has 0 saturated carbocycles. The van der Waals surface area contributed by atoms with Crippen molar-refractivity contribution in [2.45, 2.75) is 12.8 Å². The fourth-order valence-corrected chi connectivity index (χ4v) is 2.07. The fourth-order valence-electron chi connectivity index (χ4n) is 1.79. The van der Waals surface area contributed by atoms with Crippen LogP contribution in [0.5, 0.6) is 23.1 Å². The van der Waals surface area contributed by atoms with E-state index in [4.69, 9.17) is 25.8 Å². The van der Waals surface area contributed by atoms with Crippen LogP contribution in [0.1, 0.15) is 11.3 Å². The zero-order valence-electron chi connectivity index (χ0n) is 11.6. The lowest BCUT2D eigenvalue weighted by Crippen LogP contribution is -1.97. The average Bonchev–Trinajstić information content (AvgIpc) is 2.47. The summed E-state index contributed by atoms with van der Waals surface area (Å²) < 4.78 is 16.4. The first kappa shape index (κ1) is 14.5. The number of rotatable bonds is 5. The van der Waals surface area contributed by atoms with Gasteiger partial charge in [-0.25, -0.2) is 4.98 Å². The maximum absolute atomic E-state index is 5.82. The predicted octanol–water partition coefficient (Wildman–Crippen LogP) is 3.94. The zero-order chi connectivity index (χ0) is 14.5. The number of para-hydroxylation sites is 1. The molecule has 0 bridgehead atoms. The van der Waals surface area contributed by atoms with Gasteiger partial charge in [-0.2, -0.15) is 0 Å². The van der Waals surface area contributed by atoms with Crippen LogP contribution in [0.2, 0.25) is 0 Å². The van der Waals surface area contributed by atoms with E-state index in [0.717, 1.165) is 11.3 Å². The molecule has 0 aliphatic rings. The van der Waals surface area contributed by atoms with Gasteiger partial charge in [0.05, 0.1) is 14.2 Å². The van der Waals surface area contributed by atoms with Gasteiger partial charge in [0.2, 0.25) is 11.6 Å². The van der Waals surface area contributed by atoms with Gasteiger partial charge in [0.15, 0.2) is 11.5 Å². The predicted molar refractivity (Wildman–Crippen MR) is 78.2 cm³/mol. The Kier molecular flexibility index (Phi) is 4.69. The summed E-state index contributed by atoms with van der Waals surface area (Å²) in [6.45, 7) is 1.89. The molecular formula is C15H16ClNO3. The van der Waals surface area contributed by atoms with Gasteiger partial charge < -0.3 is 14.2 Å². The third-order valence-electron chi connectivity index (χ3n) is 2.90. The number of hydrogen-bond acceptors (Lipinski definition) is 4. The molecule has 0 radical (unpaired) electrons. The van der Waals surface area contributed by atoms with Crippen LogP contribution >= 0.6 is 11.6 Å². The molecule has 20 heavy (non-hydrogen) atoms. The van der Waals surface area contributed by atoms with Crippen LogP contribution in [0.25, 0.3) is 0 Å². The Morgan fingerprint density at radius 2 is 1.70 bits per heavy atom. The summed E-state index contributed by atoms with van der Waals surface area (Å²) in [5, 5.41) is 0. The van der Waals surface area contributed by atoms with E-state index in [-0.39, 0.29) is 0 Å². The zero-order valence-corrected chi connectivity index (χ0v) is 12.4. The van der Waals surface area contributed by atoms with Crippen LogP contribution in [0.3, 0.4) is 0 Å². The van der Waals surface area contributed by atoms with Gasteiger partial charge in [-0.15, -0.1) is 11.6 Å². The highest BCUT2D eigenvalue weighted by Gasteiger charge is 2.13. The quantitative estimate of drug-likeness (QED) is 0.783. The number of methoxy groups -OCH3 is 2. The van der Waals surface area contributed by atoms with Gasteiger partial charge in [-0.3, -0.25) is 0 Å². The second-order valence-corrected chi connectivity index (χ2v) is 4.39. The van der Waals surface area contributed by atoms with Crippen molar-refractivity contribution in [3.8, 4) is 23.1 Å². The van der Waals surface area contributed by atoms with E-state index in [9.17, 15) is 0 Å². The Bertz CT molecular complexity index is 579. The van der Waals surface area contributed by atoms with Crippen molar-refractivity contribution in [2.24, 2.45) is 0 Å². The van der Waals surface area contributed by atoms with Gasteiger partial charge in [0.25, 0.3) is 0 Å². The minimum atomic E-state index is 0.428. The summed E-state index contributed by atoms with van der Waals surface area (Å²) in [6.07, 6.45) is 0. The Hall–Kier alpha value is -1.94. The highest BCUT2D eigenvalue weighted by atomic mass is 35.5. The normalized spacial score (nSPS) is 10.2. The molecule has 0 saturated heterocycles. The standard InChI is InChI=1S/C15H16ClNO3/c1-10-11(9-16)7-8-14(17-10)20-15-12(18-2)5-4-6-13(15)19-3/h4-8H,9H2,1-3H3. The largest absolute Gasteiger partial charge is 0.493 e.